The normalized spacial score (nSPS) is 16.0. The minimum absolute atomic E-state index is 0.0293. The van der Waals surface area contributed by atoms with Crippen molar-refractivity contribution in [2.75, 3.05) is 11.9 Å². The molecule has 0 radical (unpaired) electrons. The highest BCUT2D eigenvalue weighted by atomic mass is 16.6. The fraction of sp³-hybridized carbons (Fsp3) is 0.240. The highest BCUT2D eigenvalue weighted by molar-refractivity contribution is 6.04. The molecule has 2 unspecified atom stereocenters. The molecular formula is C25H25N5O5. The predicted molar refractivity (Wildman–Crippen MR) is 129 cm³/mol. The van der Waals surface area contributed by atoms with Gasteiger partial charge in [-0.3, -0.25) is 24.7 Å². The van der Waals surface area contributed by atoms with Gasteiger partial charge in [0.15, 0.2) is 5.75 Å². The molecule has 180 valence electrons. The summed E-state index contributed by atoms with van der Waals surface area (Å²) in [5.74, 6) is -0.876. The number of hydrogen-bond donors (Lipinski definition) is 3. The summed E-state index contributed by atoms with van der Waals surface area (Å²) in [7, 11) is 0. The van der Waals surface area contributed by atoms with Crippen LogP contribution in [0.1, 0.15) is 40.4 Å². The molecule has 1 aliphatic rings. The predicted octanol–water partition coefficient (Wildman–Crippen LogP) is 3.18. The summed E-state index contributed by atoms with van der Waals surface area (Å²) < 4.78 is 0. The second kappa shape index (κ2) is 10.3. The molecule has 0 spiro atoms. The number of hydrogen-bond acceptors (Lipinski definition) is 7. The van der Waals surface area contributed by atoms with E-state index in [4.69, 9.17) is 5.73 Å². The van der Waals surface area contributed by atoms with E-state index in [0.717, 1.165) is 18.4 Å². The Morgan fingerprint density at radius 3 is 2.57 bits per heavy atom. The van der Waals surface area contributed by atoms with Crippen LogP contribution < -0.4 is 11.1 Å². The lowest BCUT2D eigenvalue weighted by Gasteiger charge is -2.30. The van der Waals surface area contributed by atoms with E-state index in [-0.39, 0.29) is 24.3 Å². The number of phenols is 1. The maximum absolute atomic E-state index is 13.0. The van der Waals surface area contributed by atoms with Crippen molar-refractivity contribution < 1.29 is 19.6 Å². The average molecular weight is 476 g/mol. The number of carbonyl (C=O) groups excluding carboxylic acids is 2. The number of benzene rings is 2. The summed E-state index contributed by atoms with van der Waals surface area (Å²) in [6, 6.07) is 13.6. The number of aromatic hydroxyl groups is 1. The Hall–Kier alpha value is -4.31. The summed E-state index contributed by atoms with van der Waals surface area (Å²) >= 11 is 0. The van der Waals surface area contributed by atoms with Crippen LogP contribution in [0.5, 0.6) is 5.75 Å². The lowest BCUT2D eigenvalue weighted by atomic mass is 9.96. The van der Waals surface area contributed by atoms with Crippen LogP contribution >= 0.6 is 0 Å². The molecule has 4 N–H and O–H groups in total. The lowest BCUT2D eigenvalue weighted by molar-refractivity contribution is -0.385. The number of amides is 2. The molecule has 1 fully saturated rings. The maximum atomic E-state index is 13.0. The molecule has 1 aliphatic heterocycles. The van der Waals surface area contributed by atoms with Crippen molar-refractivity contribution in [1.29, 1.82) is 0 Å². The van der Waals surface area contributed by atoms with Gasteiger partial charge in [0, 0.05) is 36.3 Å². The number of likely N-dealkylation sites (tertiary alicyclic amines) is 1. The van der Waals surface area contributed by atoms with Gasteiger partial charge < -0.3 is 21.1 Å². The maximum Gasteiger partial charge on any atom is 0.310 e. The van der Waals surface area contributed by atoms with Gasteiger partial charge in [-0.1, -0.05) is 18.2 Å². The first kappa shape index (κ1) is 23.8. The Morgan fingerprint density at radius 2 is 1.89 bits per heavy atom. The number of phenolic OH excluding ortho intramolecular Hbond substituents is 1. The Labute approximate surface area is 201 Å². The second-order valence-electron chi connectivity index (χ2n) is 8.39. The Kier molecular flexibility index (Phi) is 7.02. The Bertz CT molecular complexity index is 1230. The van der Waals surface area contributed by atoms with E-state index in [1.54, 1.807) is 53.7 Å². The fourth-order valence-electron chi connectivity index (χ4n) is 4.29. The molecule has 0 bridgehead atoms. The van der Waals surface area contributed by atoms with E-state index in [1.165, 1.54) is 18.2 Å². The third-order valence-corrected chi connectivity index (χ3v) is 6.12. The van der Waals surface area contributed by atoms with Gasteiger partial charge in [-0.25, -0.2) is 0 Å². The van der Waals surface area contributed by atoms with E-state index in [0.29, 0.717) is 23.4 Å². The van der Waals surface area contributed by atoms with Gasteiger partial charge in [-0.2, -0.15) is 0 Å². The Morgan fingerprint density at radius 1 is 1.17 bits per heavy atom. The van der Waals surface area contributed by atoms with E-state index in [1.807, 2.05) is 0 Å². The van der Waals surface area contributed by atoms with Crippen LogP contribution in [-0.2, 0) is 11.2 Å². The van der Waals surface area contributed by atoms with E-state index < -0.39 is 22.4 Å². The number of carbonyl (C=O) groups is 2. The molecule has 2 atom stereocenters. The number of anilines is 1. The van der Waals surface area contributed by atoms with Crippen molar-refractivity contribution in [1.82, 2.24) is 9.88 Å². The van der Waals surface area contributed by atoms with Crippen molar-refractivity contribution in [2.45, 2.75) is 31.3 Å². The van der Waals surface area contributed by atoms with Gasteiger partial charge in [0.05, 0.1) is 23.4 Å². The van der Waals surface area contributed by atoms with Crippen LogP contribution in [0.25, 0.3) is 0 Å². The third-order valence-electron chi connectivity index (χ3n) is 6.12. The monoisotopic (exact) mass is 475 g/mol. The summed E-state index contributed by atoms with van der Waals surface area (Å²) in [5, 5.41) is 23.5. The van der Waals surface area contributed by atoms with E-state index >= 15 is 0 Å². The molecule has 0 aliphatic carbocycles. The Balaban J connectivity index is 1.43. The number of rotatable bonds is 7. The molecule has 2 amide bonds. The van der Waals surface area contributed by atoms with Crippen LogP contribution in [0.3, 0.4) is 0 Å². The second-order valence-corrected chi connectivity index (χ2v) is 8.39. The number of nitrogens with zero attached hydrogens (tertiary/aromatic N) is 3. The molecule has 10 nitrogen and oxygen atoms in total. The third kappa shape index (κ3) is 5.44. The lowest BCUT2D eigenvalue weighted by Crippen LogP contribution is -2.42. The van der Waals surface area contributed by atoms with Crippen LogP contribution in [0.15, 0.2) is 67.0 Å². The van der Waals surface area contributed by atoms with Gasteiger partial charge in [0.25, 0.3) is 5.91 Å². The molecule has 2 aromatic carbocycles. The highest BCUT2D eigenvalue weighted by Crippen LogP contribution is 2.30. The van der Waals surface area contributed by atoms with Gasteiger partial charge in [0.1, 0.15) is 0 Å². The molecule has 1 aromatic heterocycles. The first-order valence-corrected chi connectivity index (χ1v) is 11.2. The number of nitro groups is 1. The molecule has 2 heterocycles. The zero-order valence-electron chi connectivity index (χ0n) is 18.8. The molecule has 0 saturated carbocycles. The van der Waals surface area contributed by atoms with Gasteiger partial charge in [0.2, 0.25) is 5.91 Å². The van der Waals surface area contributed by atoms with Gasteiger partial charge >= 0.3 is 5.69 Å². The highest BCUT2D eigenvalue weighted by Gasteiger charge is 2.34. The summed E-state index contributed by atoms with van der Waals surface area (Å²) in [5.41, 5.74) is 8.47. The molecule has 35 heavy (non-hydrogen) atoms. The van der Waals surface area contributed by atoms with Crippen LogP contribution in [0.4, 0.5) is 11.4 Å². The van der Waals surface area contributed by atoms with Crippen molar-refractivity contribution in [3.05, 3.63) is 93.8 Å². The standard InChI is InChI=1S/C25H25N5O5/c26-24(17-4-6-18(7-5-17)25(33)28-19-9-11-27-12-10-19)20-2-1-13-29(20)23(32)15-16-3-8-22(31)21(14-16)30(34)35/h3-12,14,20,24,31H,1-2,13,15,26H2,(H,27,28,33). The SMILES string of the molecule is NC(c1ccc(C(=O)Nc2ccncc2)cc1)C1CCCN1C(=O)Cc1ccc(O)c([N+](=O)[O-])c1. The van der Waals surface area contributed by atoms with Crippen molar-refractivity contribution in [3.63, 3.8) is 0 Å². The molecular weight excluding hydrogens is 450 g/mol. The first-order valence-electron chi connectivity index (χ1n) is 11.2. The number of nitro benzene ring substituents is 1. The molecule has 10 heteroatoms. The average Bonchev–Trinajstić information content (AvgIpc) is 3.35. The van der Waals surface area contributed by atoms with E-state index in [2.05, 4.69) is 10.3 Å². The molecule has 3 aromatic rings. The number of nitrogens with two attached hydrogens (primary N) is 1. The number of pyridine rings is 1. The van der Waals surface area contributed by atoms with Crippen LogP contribution in [0, 0.1) is 10.1 Å². The zero-order valence-corrected chi connectivity index (χ0v) is 18.8. The van der Waals surface area contributed by atoms with Crippen LogP contribution in [-0.4, -0.2) is 44.3 Å². The largest absolute Gasteiger partial charge is 0.502 e. The summed E-state index contributed by atoms with van der Waals surface area (Å²) in [4.78, 5) is 41.5. The molecule has 4 rings (SSSR count). The summed E-state index contributed by atoms with van der Waals surface area (Å²) in [6.07, 6.45) is 4.68. The van der Waals surface area contributed by atoms with E-state index in [9.17, 15) is 24.8 Å². The molecule has 1 saturated heterocycles. The smallest absolute Gasteiger partial charge is 0.310 e. The number of aromatic nitrogens is 1. The van der Waals surface area contributed by atoms with Gasteiger partial charge in [-0.15, -0.1) is 0 Å². The first-order chi connectivity index (χ1) is 16.8. The number of nitrogens with one attached hydrogen (secondary N) is 1. The van der Waals surface area contributed by atoms with Crippen molar-refractivity contribution in [3.8, 4) is 5.75 Å². The van der Waals surface area contributed by atoms with Gasteiger partial charge in [-0.05, 0) is 54.3 Å². The van der Waals surface area contributed by atoms with Crippen LogP contribution in [0.2, 0.25) is 0 Å². The van der Waals surface area contributed by atoms with Crippen molar-refractivity contribution in [2.24, 2.45) is 5.73 Å². The van der Waals surface area contributed by atoms with Crippen molar-refractivity contribution >= 4 is 23.2 Å². The topological polar surface area (TPSA) is 152 Å². The quantitative estimate of drug-likeness (QED) is 0.350. The zero-order chi connectivity index (χ0) is 24.9. The minimum atomic E-state index is -0.682. The minimum Gasteiger partial charge on any atom is -0.502 e. The fourth-order valence-corrected chi connectivity index (χ4v) is 4.29. The summed E-state index contributed by atoms with van der Waals surface area (Å²) in [6.45, 7) is 0.545.